The van der Waals surface area contributed by atoms with E-state index in [1.165, 1.54) is 18.0 Å². The van der Waals surface area contributed by atoms with Crippen molar-refractivity contribution in [1.29, 1.82) is 0 Å². The summed E-state index contributed by atoms with van der Waals surface area (Å²) in [5.41, 5.74) is 3.26. The Morgan fingerprint density at radius 3 is 2.33 bits per heavy atom. The van der Waals surface area contributed by atoms with Gasteiger partial charge in [0.05, 0.1) is 33.3 Å². The highest BCUT2D eigenvalue weighted by atomic mass is 31.2. The minimum absolute atomic E-state index is 0.0711. The lowest BCUT2D eigenvalue weighted by Gasteiger charge is -2.26. The van der Waals surface area contributed by atoms with Crippen LogP contribution in [0.15, 0.2) is 6.33 Å². The molecule has 3 heterocycles. The number of imidazole rings is 1. The van der Waals surface area contributed by atoms with E-state index in [2.05, 4.69) is 25.1 Å². The number of carbonyl (C=O) groups excluding carboxylic acids is 2. The van der Waals surface area contributed by atoms with Gasteiger partial charge in [-0.3, -0.25) is 14.2 Å². The summed E-state index contributed by atoms with van der Waals surface area (Å²) in [6, 6.07) is -0.809. The molecule has 2 aromatic heterocycles. The van der Waals surface area contributed by atoms with E-state index in [-0.39, 0.29) is 30.7 Å². The minimum atomic E-state index is -4.05. The van der Waals surface area contributed by atoms with Crippen molar-refractivity contribution in [3.05, 3.63) is 6.33 Å². The summed E-state index contributed by atoms with van der Waals surface area (Å²) in [6.45, 7) is 3.59. The fourth-order valence-electron chi connectivity index (χ4n) is 4.78. The molecular weight excluding hydrogens is 541 g/mol. The molecule has 0 radical (unpaired) electrons. The third-order valence-electron chi connectivity index (χ3n) is 6.62. The van der Waals surface area contributed by atoms with Crippen molar-refractivity contribution in [1.82, 2.24) is 29.7 Å². The number of nitrogens with zero attached hydrogens (tertiary/aromatic N) is 4. The number of hydrogen-bond acceptors (Lipinski definition) is 14. The molecule has 0 bridgehead atoms. The Morgan fingerprint density at radius 1 is 1.21 bits per heavy atom. The first-order valence-corrected chi connectivity index (χ1v) is 13.7. The molecule has 2 aliphatic rings. The maximum atomic E-state index is 13.3. The number of methoxy groups -OCH3 is 1. The largest absolute Gasteiger partial charge is 0.479 e. The third-order valence-corrected chi connectivity index (χ3v) is 8.28. The average Bonchev–Trinajstić information content (AvgIpc) is 3.11. The van der Waals surface area contributed by atoms with Gasteiger partial charge < -0.3 is 44.0 Å². The predicted molar refractivity (Wildman–Crippen MR) is 132 cm³/mol. The number of nitrogens with two attached hydrogens (primary N) is 1. The van der Waals surface area contributed by atoms with Gasteiger partial charge in [0.1, 0.15) is 42.5 Å². The summed E-state index contributed by atoms with van der Waals surface area (Å²) in [6.07, 6.45) is -1.21. The van der Waals surface area contributed by atoms with Crippen LogP contribution in [0.3, 0.4) is 0 Å². The highest BCUT2D eigenvalue weighted by molar-refractivity contribution is 7.54. The van der Waals surface area contributed by atoms with Crippen LogP contribution in [0.2, 0.25) is 0 Å². The van der Waals surface area contributed by atoms with Gasteiger partial charge in [-0.15, -0.1) is 0 Å². The second-order valence-corrected chi connectivity index (χ2v) is 11.0. The molecule has 1 saturated heterocycles. The van der Waals surface area contributed by atoms with E-state index in [0.29, 0.717) is 5.52 Å². The Bertz CT molecular complexity index is 1270. The van der Waals surface area contributed by atoms with Crippen molar-refractivity contribution >= 4 is 36.7 Å². The van der Waals surface area contributed by atoms with E-state index in [9.17, 15) is 24.4 Å². The molecule has 2 fully saturated rings. The highest BCUT2D eigenvalue weighted by Crippen LogP contribution is 2.67. The van der Waals surface area contributed by atoms with Crippen LogP contribution in [0.1, 0.15) is 26.8 Å². The number of nitrogen functional groups attached to an aromatic ring is 1. The van der Waals surface area contributed by atoms with Crippen LogP contribution < -0.4 is 20.6 Å². The smallest absolute Gasteiger partial charge is 0.341 e. The number of aromatic nitrogens is 4. The van der Waals surface area contributed by atoms with E-state index >= 15 is 0 Å². The number of fused-ring (bicyclic) bond motifs is 2. The maximum Gasteiger partial charge on any atom is 0.341 e. The van der Waals surface area contributed by atoms with Gasteiger partial charge in [0, 0.05) is 0 Å². The molecule has 39 heavy (non-hydrogen) atoms. The average molecular weight is 574 g/mol. The highest BCUT2D eigenvalue weighted by Gasteiger charge is 2.85. The monoisotopic (exact) mass is 573 g/mol. The molecule has 17 nitrogen and oxygen atoms in total. The predicted octanol–water partition coefficient (Wildman–Crippen LogP) is -1.35. The first-order chi connectivity index (χ1) is 18.4. The first-order valence-electron chi connectivity index (χ1n) is 12.1. The van der Waals surface area contributed by atoms with Gasteiger partial charge >= 0.3 is 19.6 Å². The first kappa shape index (κ1) is 29.1. The van der Waals surface area contributed by atoms with Gasteiger partial charge in [0.2, 0.25) is 11.8 Å². The Morgan fingerprint density at radius 2 is 1.82 bits per heavy atom. The Hall–Kier alpha value is -2.92. The lowest BCUT2D eigenvalue weighted by atomic mass is 10.1. The van der Waals surface area contributed by atoms with Crippen LogP contribution in [0.4, 0.5) is 5.95 Å². The van der Waals surface area contributed by atoms with Gasteiger partial charge in [-0.1, -0.05) is 0 Å². The van der Waals surface area contributed by atoms with Crippen LogP contribution in [0, 0.1) is 0 Å². The van der Waals surface area contributed by atoms with Crippen molar-refractivity contribution in [2.45, 2.75) is 50.2 Å². The van der Waals surface area contributed by atoms with Gasteiger partial charge in [0.15, 0.2) is 11.2 Å². The summed E-state index contributed by atoms with van der Waals surface area (Å²) in [7, 11) is -2.64. The van der Waals surface area contributed by atoms with Crippen molar-refractivity contribution in [2.75, 3.05) is 45.8 Å². The molecule has 216 valence electrons. The molecule has 5 atom stereocenters. The van der Waals surface area contributed by atoms with E-state index in [4.69, 9.17) is 29.2 Å². The zero-order valence-corrected chi connectivity index (χ0v) is 22.7. The molecule has 4 rings (SSSR count). The lowest BCUT2D eigenvalue weighted by Crippen LogP contribution is -2.41. The number of aliphatic hydroxyl groups excluding tert-OH is 1. The third kappa shape index (κ3) is 5.18. The summed E-state index contributed by atoms with van der Waals surface area (Å²) >= 11 is 0. The van der Waals surface area contributed by atoms with Crippen LogP contribution in [-0.2, 0) is 32.9 Å². The molecule has 1 aliphatic heterocycles. The van der Waals surface area contributed by atoms with Gasteiger partial charge in [-0.2, -0.15) is 9.97 Å². The summed E-state index contributed by atoms with van der Waals surface area (Å²) in [5, 5.41) is 27.3. The summed E-state index contributed by atoms with van der Waals surface area (Å²) < 4.78 is 41.2. The van der Waals surface area contributed by atoms with Crippen molar-refractivity contribution in [2.24, 2.45) is 0 Å². The topological polar surface area (TPSA) is 232 Å². The van der Waals surface area contributed by atoms with Crippen molar-refractivity contribution < 1.29 is 47.8 Å². The van der Waals surface area contributed by atoms with Crippen molar-refractivity contribution in [3.8, 4) is 5.88 Å². The minimum Gasteiger partial charge on any atom is -0.479 e. The van der Waals surface area contributed by atoms with Gasteiger partial charge in [0.25, 0.3) is 0 Å². The summed E-state index contributed by atoms with van der Waals surface area (Å²) in [5.74, 6) is -1.32. The number of ether oxygens (including phenoxy) is 4. The zero-order valence-electron chi connectivity index (χ0n) is 21.8. The molecule has 18 heteroatoms. The maximum absolute atomic E-state index is 13.3. The van der Waals surface area contributed by atoms with E-state index in [1.807, 2.05) is 0 Å². The van der Waals surface area contributed by atoms with Crippen molar-refractivity contribution in [3.63, 3.8) is 0 Å². The lowest BCUT2D eigenvalue weighted by molar-refractivity contribution is -0.142. The number of rotatable bonds is 13. The van der Waals surface area contributed by atoms with Crippen LogP contribution >= 0.6 is 7.67 Å². The molecule has 1 aliphatic carbocycles. The fourth-order valence-corrected chi connectivity index (χ4v) is 6.11. The van der Waals surface area contributed by atoms with Crippen LogP contribution in [0.5, 0.6) is 5.88 Å². The molecule has 5 unspecified atom stereocenters. The van der Waals surface area contributed by atoms with E-state index in [0.717, 1.165) is 0 Å². The van der Waals surface area contributed by atoms with Crippen LogP contribution in [-0.4, -0.2) is 105 Å². The normalized spacial score (nSPS) is 27.8. The molecule has 1 saturated carbocycles. The number of aliphatic hydroxyl groups is 2. The quantitative estimate of drug-likeness (QED) is 0.138. The number of anilines is 1. The number of hydrogen-bond donors (Lipinski definition) is 5. The van der Waals surface area contributed by atoms with Gasteiger partial charge in [-0.25, -0.2) is 15.2 Å². The molecule has 2 aromatic rings. The Kier molecular flexibility index (Phi) is 8.14. The zero-order chi connectivity index (χ0) is 28.6. The standard InChI is InChI=1S/C21H32N7O10P/c1-5-35-12(29)7-24-39(33,25-8-13(30)36-6-2)37-9-11-15(31)21(32)18(20(21,3)38-11)28-10-23-14-16(28)26-19(22)27-17(14)34-4/h10-11,15,18,31-32H,5-9H2,1-4H3,(H2,22,26,27)(H2,24,25,33). The summed E-state index contributed by atoms with van der Waals surface area (Å²) in [4.78, 5) is 35.9. The Balaban J connectivity index is 1.47. The van der Waals surface area contributed by atoms with E-state index < -0.39 is 68.8 Å². The molecule has 0 spiro atoms. The molecular formula is C21H32N7O10P. The Labute approximate surface area is 222 Å². The number of nitrogens with one attached hydrogen (secondary N) is 2. The second kappa shape index (κ2) is 10.9. The fraction of sp³-hybridized carbons (Fsp3) is 0.667. The second-order valence-electron chi connectivity index (χ2n) is 8.98. The van der Waals surface area contributed by atoms with Crippen LogP contribution in [0.25, 0.3) is 11.2 Å². The molecule has 0 amide bonds. The van der Waals surface area contributed by atoms with Gasteiger partial charge in [-0.05, 0) is 20.8 Å². The van der Waals surface area contributed by atoms with E-state index in [1.54, 1.807) is 20.8 Å². The molecule has 6 N–H and O–H groups in total. The molecule has 0 aromatic carbocycles. The SMILES string of the molecule is CCOC(=O)CNP(=O)(NCC(=O)OCC)OCC1OC2(C)C(n3cnc4c(OC)nc(N)nc43)C2(O)C1O. The number of esters is 2. The number of carbonyl (C=O) groups is 2.